The molecule has 7 nitrogen and oxygen atoms in total. The zero-order valence-electron chi connectivity index (χ0n) is 17.3. The topological polar surface area (TPSA) is 59.3 Å². The average Bonchev–Trinajstić information content (AvgIpc) is 3.35. The number of imidazole rings is 1. The van der Waals surface area contributed by atoms with E-state index < -0.39 is 0 Å². The summed E-state index contributed by atoms with van der Waals surface area (Å²) >= 11 is 8.04. The van der Waals surface area contributed by atoms with Crippen molar-refractivity contribution in [2.45, 2.75) is 32.9 Å². The summed E-state index contributed by atoms with van der Waals surface area (Å²) in [5, 5.41) is 0.323. The summed E-state index contributed by atoms with van der Waals surface area (Å²) in [5.74, 6) is 2.80. The second kappa shape index (κ2) is 8.78. The maximum Gasteiger partial charge on any atom is 0.224 e. The van der Waals surface area contributed by atoms with E-state index >= 15 is 0 Å². The van der Waals surface area contributed by atoms with Crippen molar-refractivity contribution in [1.82, 2.24) is 24.4 Å². The first kappa shape index (κ1) is 20.2. The van der Waals surface area contributed by atoms with Crippen LogP contribution in [0.2, 0.25) is 5.28 Å². The Morgan fingerprint density at radius 3 is 2.70 bits per heavy atom. The Labute approximate surface area is 185 Å². The Morgan fingerprint density at radius 2 is 1.97 bits per heavy atom. The number of fused-ring (bicyclic) bond motifs is 1. The van der Waals surface area contributed by atoms with Gasteiger partial charge in [-0.2, -0.15) is 4.98 Å². The van der Waals surface area contributed by atoms with Crippen molar-refractivity contribution in [2.75, 3.05) is 44.3 Å². The van der Waals surface area contributed by atoms with Crippen LogP contribution < -0.4 is 4.90 Å². The van der Waals surface area contributed by atoms with Gasteiger partial charge in [0, 0.05) is 43.4 Å². The molecule has 3 aromatic rings. The van der Waals surface area contributed by atoms with Gasteiger partial charge in [0.1, 0.15) is 5.82 Å². The molecule has 2 fully saturated rings. The number of likely N-dealkylation sites (tertiary alicyclic amines) is 1. The van der Waals surface area contributed by atoms with Gasteiger partial charge in [-0.3, -0.25) is 4.90 Å². The van der Waals surface area contributed by atoms with Crippen LogP contribution in [0.3, 0.4) is 0 Å². The first-order chi connectivity index (χ1) is 14.7. The van der Waals surface area contributed by atoms with Crippen molar-refractivity contribution in [3.8, 4) is 0 Å². The highest BCUT2D eigenvalue weighted by atomic mass is 35.5. The Balaban J connectivity index is 1.25. The molecule has 0 amide bonds. The molecule has 160 valence electrons. The Morgan fingerprint density at radius 1 is 1.17 bits per heavy atom. The molecule has 0 bridgehead atoms. The van der Waals surface area contributed by atoms with Crippen molar-refractivity contribution < 1.29 is 4.74 Å². The lowest BCUT2D eigenvalue weighted by Crippen LogP contribution is -2.36. The van der Waals surface area contributed by atoms with Crippen LogP contribution in [0.25, 0.3) is 10.2 Å². The number of nitrogens with zero attached hydrogens (tertiary/aromatic N) is 6. The number of anilines is 1. The van der Waals surface area contributed by atoms with Crippen LogP contribution in [0, 0.1) is 12.8 Å². The van der Waals surface area contributed by atoms with Crippen molar-refractivity contribution in [2.24, 2.45) is 5.92 Å². The molecule has 30 heavy (non-hydrogen) atoms. The second-order valence-corrected chi connectivity index (χ2v) is 9.66. The van der Waals surface area contributed by atoms with E-state index in [2.05, 4.69) is 48.5 Å². The molecule has 2 saturated heterocycles. The summed E-state index contributed by atoms with van der Waals surface area (Å²) in [7, 11) is 0. The first-order valence-corrected chi connectivity index (χ1v) is 11.8. The highest BCUT2D eigenvalue weighted by Crippen LogP contribution is 2.34. The molecule has 0 aromatic carbocycles. The van der Waals surface area contributed by atoms with Crippen LogP contribution in [0.5, 0.6) is 0 Å². The average molecular weight is 447 g/mol. The van der Waals surface area contributed by atoms with E-state index in [4.69, 9.17) is 16.3 Å². The number of aryl methyl sites for hydroxylation is 1. The van der Waals surface area contributed by atoms with E-state index in [1.165, 1.54) is 17.7 Å². The Hall–Kier alpha value is -1.74. The molecule has 0 aliphatic carbocycles. The van der Waals surface area contributed by atoms with E-state index in [9.17, 15) is 0 Å². The van der Waals surface area contributed by atoms with E-state index in [0.29, 0.717) is 5.28 Å². The van der Waals surface area contributed by atoms with Crippen molar-refractivity contribution in [3.63, 3.8) is 0 Å². The maximum atomic E-state index is 6.24. The van der Waals surface area contributed by atoms with Crippen LogP contribution in [-0.2, 0) is 17.8 Å². The van der Waals surface area contributed by atoms with Crippen LogP contribution in [0.15, 0.2) is 18.5 Å². The fourth-order valence-corrected chi connectivity index (χ4v) is 5.75. The van der Waals surface area contributed by atoms with Crippen molar-refractivity contribution >= 4 is 39.0 Å². The van der Waals surface area contributed by atoms with Gasteiger partial charge in [0.15, 0.2) is 5.82 Å². The summed E-state index contributed by atoms with van der Waals surface area (Å²) in [6.07, 6.45) is 6.45. The lowest BCUT2D eigenvalue weighted by molar-refractivity contribution is 0.122. The number of morpholine rings is 1. The summed E-state index contributed by atoms with van der Waals surface area (Å²) in [6.45, 7) is 9.56. The molecule has 9 heteroatoms. The van der Waals surface area contributed by atoms with Crippen molar-refractivity contribution in [1.29, 1.82) is 0 Å². The molecule has 0 spiro atoms. The molecule has 0 saturated carbocycles. The smallest absolute Gasteiger partial charge is 0.224 e. The molecular weight excluding hydrogens is 420 g/mol. The number of hydrogen-bond acceptors (Lipinski definition) is 7. The SMILES string of the molecule is Cc1nccn1CC1CCN(Cc2cc3nc(Cl)nc(N4CCOCC4)c3s2)CC1. The summed E-state index contributed by atoms with van der Waals surface area (Å²) in [4.78, 5) is 19.5. The molecule has 0 N–H and O–H groups in total. The minimum atomic E-state index is 0.323. The fourth-order valence-electron chi connectivity index (χ4n) is 4.43. The van der Waals surface area contributed by atoms with E-state index in [0.717, 1.165) is 80.3 Å². The predicted molar refractivity (Wildman–Crippen MR) is 120 cm³/mol. The third-order valence-corrected chi connectivity index (χ3v) is 7.43. The fraction of sp³-hybridized carbons (Fsp3) is 0.571. The monoisotopic (exact) mass is 446 g/mol. The van der Waals surface area contributed by atoms with Crippen LogP contribution in [0.1, 0.15) is 23.5 Å². The van der Waals surface area contributed by atoms with E-state index in [-0.39, 0.29) is 0 Å². The normalized spacial score (nSPS) is 19.1. The molecule has 0 unspecified atom stereocenters. The summed E-state index contributed by atoms with van der Waals surface area (Å²) in [5.41, 5.74) is 0.960. The predicted octanol–water partition coefficient (Wildman–Crippen LogP) is 3.60. The molecular formula is C21H27ClN6OS. The number of piperidine rings is 1. The lowest BCUT2D eigenvalue weighted by Gasteiger charge is -2.32. The lowest BCUT2D eigenvalue weighted by atomic mass is 9.96. The highest BCUT2D eigenvalue weighted by Gasteiger charge is 2.23. The first-order valence-electron chi connectivity index (χ1n) is 10.6. The van der Waals surface area contributed by atoms with Gasteiger partial charge in [-0.05, 0) is 56.4 Å². The molecule has 3 aromatic heterocycles. The molecule has 0 radical (unpaired) electrons. The van der Waals surface area contributed by atoms with E-state index in [1.807, 2.05) is 6.20 Å². The van der Waals surface area contributed by atoms with Gasteiger partial charge in [-0.25, -0.2) is 9.97 Å². The quantitative estimate of drug-likeness (QED) is 0.558. The number of thiophene rings is 1. The van der Waals surface area contributed by atoms with Gasteiger partial charge in [0.2, 0.25) is 5.28 Å². The number of halogens is 1. The number of ether oxygens (including phenoxy) is 1. The molecule has 2 aliphatic heterocycles. The largest absolute Gasteiger partial charge is 0.378 e. The third-order valence-electron chi connectivity index (χ3n) is 6.15. The van der Waals surface area contributed by atoms with Gasteiger partial charge in [0.25, 0.3) is 0 Å². The van der Waals surface area contributed by atoms with Gasteiger partial charge >= 0.3 is 0 Å². The maximum absolute atomic E-state index is 6.24. The standard InChI is InChI=1S/C21H27ClN6OS/c1-15-23-4-7-28(15)13-16-2-5-26(6-3-16)14-17-12-18-19(30-17)20(25-21(22)24-18)27-8-10-29-11-9-27/h4,7,12,16H,2-3,5-6,8-11,13-14H2,1H3. The van der Waals surface area contributed by atoms with Crippen molar-refractivity contribution in [3.05, 3.63) is 34.4 Å². The van der Waals surface area contributed by atoms with Crippen LogP contribution >= 0.6 is 22.9 Å². The zero-order chi connectivity index (χ0) is 20.5. The second-order valence-electron chi connectivity index (χ2n) is 8.19. The van der Waals surface area contributed by atoms with Gasteiger partial charge in [-0.15, -0.1) is 11.3 Å². The summed E-state index contributed by atoms with van der Waals surface area (Å²) < 4.78 is 8.91. The number of hydrogen-bond donors (Lipinski definition) is 0. The molecule has 2 aliphatic rings. The number of rotatable bonds is 5. The third kappa shape index (κ3) is 4.32. The Kier molecular flexibility index (Phi) is 5.91. The number of aromatic nitrogens is 4. The molecule has 5 rings (SSSR count). The van der Waals surface area contributed by atoms with E-state index in [1.54, 1.807) is 11.3 Å². The highest BCUT2D eigenvalue weighted by molar-refractivity contribution is 7.19. The Bertz CT molecular complexity index is 1010. The molecule has 0 atom stereocenters. The molecule has 5 heterocycles. The van der Waals surface area contributed by atoms with Crippen LogP contribution in [-0.4, -0.2) is 63.8 Å². The minimum Gasteiger partial charge on any atom is -0.378 e. The van der Waals surface area contributed by atoms with Gasteiger partial charge in [-0.1, -0.05) is 0 Å². The minimum absolute atomic E-state index is 0.323. The zero-order valence-corrected chi connectivity index (χ0v) is 18.8. The van der Waals surface area contributed by atoms with Gasteiger partial charge < -0.3 is 14.2 Å². The van der Waals surface area contributed by atoms with Crippen LogP contribution in [0.4, 0.5) is 5.82 Å². The summed E-state index contributed by atoms with van der Waals surface area (Å²) in [6, 6.07) is 2.19. The van der Waals surface area contributed by atoms with Gasteiger partial charge in [0.05, 0.1) is 23.4 Å².